The smallest absolute Gasteiger partial charge is 0.335 e. The van der Waals surface area contributed by atoms with Crippen molar-refractivity contribution in [1.29, 1.82) is 0 Å². The molecule has 0 heterocycles. The molecule has 0 aliphatic heterocycles. The number of carboxylic acid groups (broad SMARTS) is 1. The highest BCUT2D eigenvalue weighted by molar-refractivity contribution is 6.00. The van der Waals surface area contributed by atoms with Gasteiger partial charge in [0.05, 0.1) is 5.56 Å². The lowest BCUT2D eigenvalue weighted by molar-refractivity contribution is -0.111. The Bertz CT molecular complexity index is 989. The highest BCUT2D eigenvalue weighted by Gasteiger charge is 2.26. The van der Waals surface area contributed by atoms with Crippen molar-refractivity contribution in [2.75, 3.05) is 11.9 Å². The van der Waals surface area contributed by atoms with Crippen LogP contribution >= 0.6 is 0 Å². The van der Waals surface area contributed by atoms with Gasteiger partial charge in [-0.15, -0.1) is 0 Å². The first kappa shape index (κ1) is 28.9. The average Bonchev–Trinajstić information content (AvgIpc) is 2.73. The van der Waals surface area contributed by atoms with E-state index in [4.69, 9.17) is 10.2 Å². The summed E-state index contributed by atoms with van der Waals surface area (Å²) in [7, 11) is 0. The number of benzene rings is 1. The van der Waals surface area contributed by atoms with Crippen molar-refractivity contribution in [1.82, 2.24) is 0 Å². The van der Waals surface area contributed by atoms with Crippen molar-refractivity contribution < 1.29 is 19.8 Å². The molecule has 0 atom stereocenters. The second-order valence-corrected chi connectivity index (χ2v) is 9.11. The van der Waals surface area contributed by atoms with Crippen LogP contribution < -0.4 is 5.32 Å². The molecule has 0 fully saturated rings. The van der Waals surface area contributed by atoms with Crippen LogP contribution in [0.5, 0.6) is 0 Å². The van der Waals surface area contributed by atoms with E-state index in [2.05, 4.69) is 45.2 Å². The minimum absolute atomic E-state index is 0.183. The van der Waals surface area contributed by atoms with Gasteiger partial charge in [-0.2, -0.15) is 0 Å². The number of allylic oxidation sites excluding steroid dienone is 9. The lowest BCUT2D eigenvalue weighted by Gasteiger charge is -2.32. The van der Waals surface area contributed by atoms with Crippen LogP contribution in [0.4, 0.5) is 5.69 Å². The third-order valence-corrected chi connectivity index (χ3v) is 5.53. The standard InChI is InChI=1S/C27H33NO3.C2H6O/c1-19(11-16-24-21(3)10-7-17-27(24,4)5)8-6-9-20(2)18-25(29)28-23-14-12-22(13-15-23)26(30)31;1-2-3/h6,8-9,11-16,18H,7,10,17H2,1-5H3,(H,28,29)(H,30,31);3H,2H2,1H3/b9-6+,16-11+,19-8+,20-18+;. The van der Waals surface area contributed by atoms with Crippen LogP contribution in [-0.2, 0) is 4.79 Å². The Hall–Kier alpha value is -3.18. The maximum absolute atomic E-state index is 12.1. The molecule has 0 radical (unpaired) electrons. The molecule has 5 heteroatoms. The Morgan fingerprint density at radius 3 is 2.26 bits per heavy atom. The number of carboxylic acids is 1. The van der Waals surface area contributed by atoms with Gasteiger partial charge in [-0.3, -0.25) is 4.79 Å². The molecule has 1 aliphatic carbocycles. The van der Waals surface area contributed by atoms with E-state index in [9.17, 15) is 9.59 Å². The van der Waals surface area contributed by atoms with Crippen LogP contribution in [0.3, 0.4) is 0 Å². The van der Waals surface area contributed by atoms with E-state index in [1.54, 1.807) is 19.1 Å². The van der Waals surface area contributed by atoms with E-state index >= 15 is 0 Å². The van der Waals surface area contributed by atoms with Gasteiger partial charge >= 0.3 is 5.97 Å². The third kappa shape index (κ3) is 10.2. The number of aromatic carboxylic acids is 1. The van der Waals surface area contributed by atoms with Gasteiger partial charge in [0.25, 0.3) is 0 Å². The molecule has 34 heavy (non-hydrogen) atoms. The molecule has 1 amide bonds. The second-order valence-electron chi connectivity index (χ2n) is 9.11. The molecule has 0 bridgehead atoms. The summed E-state index contributed by atoms with van der Waals surface area (Å²) in [5, 5.41) is 19.2. The van der Waals surface area contributed by atoms with E-state index in [-0.39, 0.29) is 23.5 Å². The summed E-state index contributed by atoms with van der Waals surface area (Å²) in [6, 6.07) is 6.07. The largest absolute Gasteiger partial charge is 0.478 e. The van der Waals surface area contributed by atoms with Gasteiger partial charge in [0.1, 0.15) is 0 Å². The minimum atomic E-state index is -0.994. The molecule has 184 valence electrons. The number of anilines is 1. The molecule has 0 unspecified atom stereocenters. The molecule has 1 aliphatic rings. The Morgan fingerprint density at radius 1 is 1.09 bits per heavy atom. The molecule has 0 aromatic heterocycles. The molecular formula is C29H39NO4. The number of amides is 1. The lowest BCUT2D eigenvalue weighted by atomic mass is 9.72. The fraction of sp³-hybridized carbons (Fsp3) is 0.379. The predicted octanol–water partition coefficient (Wildman–Crippen LogP) is 6.85. The number of carbonyl (C=O) groups excluding carboxylic acids is 1. The van der Waals surface area contributed by atoms with Gasteiger partial charge in [-0.05, 0) is 87.8 Å². The monoisotopic (exact) mass is 465 g/mol. The quantitative estimate of drug-likeness (QED) is 0.303. The van der Waals surface area contributed by atoms with E-state index in [0.29, 0.717) is 5.69 Å². The third-order valence-electron chi connectivity index (χ3n) is 5.53. The van der Waals surface area contributed by atoms with Gasteiger partial charge in [0.15, 0.2) is 0 Å². The highest BCUT2D eigenvalue weighted by atomic mass is 16.4. The number of aliphatic hydroxyl groups excluding tert-OH is 1. The van der Waals surface area contributed by atoms with E-state index in [1.807, 2.05) is 25.2 Å². The fourth-order valence-corrected chi connectivity index (χ4v) is 3.76. The van der Waals surface area contributed by atoms with Crippen LogP contribution in [0.15, 0.2) is 83.0 Å². The average molecular weight is 466 g/mol. The van der Waals surface area contributed by atoms with Crippen LogP contribution in [0, 0.1) is 5.41 Å². The zero-order valence-corrected chi connectivity index (χ0v) is 21.3. The number of carbonyl (C=O) groups is 2. The zero-order chi connectivity index (χ0) is 25.7. The first-order chi connectivity index (χ1) is 16.0. The van der Waals surface area contributed by atoms with Crippen molar-refractivity contribution in [3.63, 3.8) is 0 Å². The van der Waals surface area contributed by atoms with Crippen LogP contribution in [-0.4, -0.2) is 28.7 Å². The summed E-state index contributed by atoms with van der Waals surface area (Å²) in [6.07, 6.45) is 15.4. The first-order valence-electron chi connectivity index (χ1n) is 11.7. The Balaban J connectivity index is 0.00000182. The van der Waals surface area contributed by atoms with Crippen molar-refractivity contribution >= 4 is 17.6 Å². The van der Waals surface area contributed by atoms with E-state index < -0.39 is 5.97 Å². The van der Waals surface area contributed by atoms with Crippen molar-refractivity contribution in [2.24, 2.45) is 5.41 Å². The summed E-state index contributed by atoms with van der Waals surface area (Å²) < 4.78 is 0. The SMILES string of the molecule is CC1=C(/C=C/C(C)=C/C=C/C(C)=C/C(=O)Nc2ccc(C(=O)O)cc2)C(C)(C)CCC1.CCO. The summed E-state index contributed by atoms with van der Waals surface area (Å²) in [6.45, 7) is 12.7. The number of rotatable bonds is 7. The number of hydrogen-bond acceptors (Lipinski definition) is 3. The van der Waals surface area contributed by atoms with Gasteiger partial charge in [-0.1, -0.05) is 55.4 Å². The van der Waals surface area contributed by atoms with Gasteiger partial charge in [0, 0.05) is 18.4 Å². The van der Waals surface area contributed by atoms with Crippen LogP contribution in [0.25, 0.3) is 0 Å². The summed E-state index contributed by atoms with van der Waals surface area (Å²) in [5.41, 5.74) is 5.86. The fourth-order valence-electron chi connectivity index (χ4n) is 3.76. The highest BCUT2D eigenvalue weighted by Crippen LogP contribution is 2.40. The molecule has 0 saturated heterocycles. The number of nitrogens with one attached hydrogen (secondary N) is 1. The lowest BCUT2D eigenvalue weighted by Crippen LogP contribution is -2.19. The molecular weight excluding hydrogens is 426 g/mol. The topological polar surface area (TPSA) is 86.6 Å². The second kappa shape index (κ2) is 14.2. The summed E-state index contributed by atoms with van der Waals surface area (Å²) >= 11 is 0. The summed E-state index contributed by atoms with van der Waals surface area (Å²) in [5.74, 6) is -1.25. The van der Waals surface area contributed by atoms with Crippen LogP contribution in [0.1, 0.15) is 71.2 Å². The van der Waals surface area contributed by atoms with E-state index in [0.717, 1.165) is 11.1 Å². The zero-order valence-electron chi connectivity index (χ0n) is 21.3. The molecule has 2 rings (SSSR count). The minimum Gasteiger partial charge on any atom is -0.478 e. The molecule has 3 N–H and O–H groups in total. The van der Waals surface area contributed by atoms with Crippen molar-refractivity contribution in [3.8, 4) is 0 Å². The maximum atomic E-state index is 12.1. The van der Waals surface area contributed by atoms with Gasteiger partial charge in [-0.25, -0.2) is 4.79 Å². The Morgan fingerprint density at radius 2 is 1.71 bits per heavy atom. The predicted molar refractivity (Wildman–Crippen MR) is 141 cm³/mol. The maximum Gasteiger partial charge on any atom is 0.335 e. The van der Waals surface area contributed by atoms with E-state index in [1.165, 1.54) is 48.6 Å². The molecule has 0 saturated carbocycles. The first-order valence-corrected chi connectivity index (χ1v) is 11.7. The number of hydrogen-bond donors (Lipinski definition) is 3. The summed E-state index contributed by atoms with van der Waals surface area (Å²) in [4.78, 5) is 23.0. The number of aliphatic hydroxyl groups is 1. The van der Waals surface area contributed by atoms with Crippen molar-refractivity contribution in [2.45, 2.75) is 60.8 Å². The molecule has 1 aromatic rings. The van der Waals surface area contributed by atoms with Crippen molar-refractivity contribution in [3.05, 3.63) is 88.6 Å². The molecule has 0 spiro atoms. The molecule has 5 nitrogen and oxygen atoms in total. The Labute approximate surface area is 204 Å². The molecule has 1 aromatic carbocycles. The Kier molecular flexibility index (Phi) is 12.0. The van der Waals surface area contributed by atoms with Gasteiger partial charge < -0.3 is 15.5 Å². The normalized spacial score (nSPS) is 16.4. The van der Waals surface area contributed by atoms with Crippen LogP contribution in [0.2, 0.25) is 0 Å². The van der Waals surface area contributed by atoms with Gasteiger partial charge in [0.2, 0.25) is 5.91 Å².